The van der Waals surface area contributed by atoms with Crippen LogP contribution in [-0.4, -0.2) is 30.6 Å². The first kappa shape index (κ1) is 16.6. The lowest BCUT2D eigenvalue weighted by molar-refractivity contribution is -0.115. The SMILES string of the molecule is Cc1oc(-c2ccccc2)nc1CC(=O)Nc1cccnc1-n1cncn1. The Balaban J connectivity index is 1.52. The Morgan fingerprint density at radius 3 is 2.81 bits per heavy atom. The van der Waals surface area contributed by atoms with Gasteiger partial charge in [0.2, 0.25) is 11.8 Å². The summed E-state index contributed by atoms with van der Waals surface area (Å²) in [5, 5.41) is 6.91. The standard InChI is InChI=1S/C19H16N6O2/c1-13-16(24-19(27-13)14-6-3-2-4-7-14)10-17(26)23-15-8-5-9-21-18(15)25-12-20-11-22-25/h2-9,11-12H,10H2,1H3,(H,23,26). The lowest BCUT2D eigenvalue weighted by Crippen LogP contribution is -2.17. The first-order chi connectivity index (χ1) is 13.2. The maximum absolute atomic E-state index is 12.5. The highest BCUT2D eigenvalue weighted by Crippen LogP contribution is 2.22. The van der Waals surface area contributed by atoms with Crippen molar-refractivity contribution >= 4 is 11.6 Å². The first-order valence-electron chi connectivity index (χ1n) is 8.32. The second-order valence-corrected chi connectivity index (χ2v) is 5.83. The molecule has 0 atom stereocenters. The molecular weight excluding hydrogens is 344 g/mol. The number of carbonyl (C=O) groups is 1. The second kappa shape index (κ2) is 7.20. The van der Waals surface area contributed by atoms with Gasteiger partial charge in [-0.2, -0.15) is 5.10 Å². The Kier molecular flexibility index (Phi) is 4.44. The molecule has 1 amide bonds. The van der Waals surface area contributed by atoms with Crippen LogP contribution < -0.4 is 5.32 Å². The molecule has 0 aliphatic heterocycles. The lowest BCUT2D eigenvalue weighted by atomic mass is 10.2. The summed E-state index contributed by atoms with van der Waals surface area (Å²) in [5.74, 6) is 1.39. The van der Waals surface area contributed by atoms with Crippen LogP contribution in [0, 0.1) is 6.92 Å². The fraction of sp³-hybridized carbons (Fsp3) is 0.105. The molecule has 1 N–H and O–H groups in total. The third kappa shape index (κ3) is 3.59. The largest absolute Gasteiger partial charge is 0.441 e. The van der Waals surface area contributed by atoms with E-state index in [1.54, 1.807) is 25.3 Å². The van der Waals surface area contributed by atoms with Gasteiger partial charge in [-0.1, -0.05) is 18.2 Å². The summed E-state index contributed by atoms with van der Waals surface area (Å²) in [6.45, 7) is 1.80. The van der Waals surface area contributed by atoms with Crippen molar-refractivity contribution < 1.29 is 9.21 Å². The van der Waals surface area contributed by atoms with Gasteiger partial charge in [-0.05, 0) is 31.2 Å². The average molecular weight is 360 g/mol. The van der Waals surface area contributed by atoms with Crippen LogP contribution in [0.15, 0.2) is 65.7 Å². The lowest BCUT2D eigenvalue weighted by Gasteiger charge is -2.09. The summed E-state index contributed by atoms with van der Waals surface area (Å²) in [6, 6.07) is 13.1. The Labute approximate surface area is 154 Å². The van der Waals surface area contributed by atoms with Crippen molar-refractivity contribution in [2.75, 3.05) is 5.32 Å². The molecule has 27 heavy (non-hydrogen) atoms. The molecule has 0 fully saturated rings. The fourth-order valence-electron chi connectivity index (χ4n) is 2.64. The van der Waals surface area contributed by atoms with Crippen molar-refractivity contribution in [3.63, 3.8) is 0 Å². The zero-order chi connectivity index (χ0) is 18.6. The van der Waals surface area contributed by atoms with E-state index in [4.69, 9.17) is 4.42 Å². The van der Waals surface area contributed by atoms with Crippen LogP contribution in [0.1, 0.15) is 11.5 Å². The Bertz CT molecular complexity index is 1060. The molecule has 4 aromatic rings. The van der Waals surface area contributed by atoms with Crippen LogP contribution in [0.3, 0.4) is 0 Å². The predicted molar refractivity (Wildman–Crippen MR) is 98.2 cm³/mol. The normalized spacial score (nSPS) is 10.7. The van der Waals surface area contributed by atoms with Gasteiger partial charge in [0.05, 0.1) is 17.8 Å². The van der Waals surface area contributed by atoms with Crippen molar-refractivity contribution in [1.29, 1.82) is 0 Å². The molecule has 3 aromatic heterocycles. The molecule has 1 aromatic carbocycles. The predicted octanol–water partition coefficient (Wildman–Crippen LogP) is 2.81. The highest BCUT2D eigenvalue weighted by atomic mass is 16.4. The van der Waals surface area contributed by atoms with Gasteiger partial charge in [0, 0.05) is 11.8 Å². The Morgan fingerprint density at radius 1 is 1.19 bits per heavy atom. The van der Waals surface area contributed by atoms with Crippen LogP contribution in [0.25, 0.3) is 17.3 Å². The molecule has 0 aliphatic rings. The molecule has 0 saturated heterocycles. The number of rotatable bonds is 5. The van der Waals surface area contributed by atoms with E-state index in [0.717, 1.165) is 5.56 Å². The van der Waals surface area contributed by atoms with Gasteiger partial charge in [0.1, 0.15) is 18.4 Å². The number of hydrogen-bond acceptors (Lipinski definition) is 6. The number of carbonyl (C=O) groups excluding carboxylic acids is 1. The number of pyridine rings is 1. The molecule has 134 valence electrons. The molecule has 8 nitrogen and oxygen atoms in total. The molecule has 0 unspecified atom stereocenters. The number of nitrogens with zero attached hydrogens (tertiary/aromatic N) is 5. The smallest absolute Gasteiger partial charge is 0.230 e. The van der Waals surface area contributed by atoms with Crippen LogP contribution in [0.5, 0.6) is 0 Å². The summed E-state index contributed by atoms with van der Waals surface area (Å²) < 4.78 is 7.20. The molecule has 0 radical (unpaired) electrons. The third-order valence-corrected chi connectivity index (χ3v) is 3.94. The minimum Gasteiger partial charge on any atom is -0.441 e. The summed E-state index contributed by atoms with van der Waals surface area (Å²) in [7, 11) is 0. The number of aromatic nitrogens is 5. The van der Waals surface area contributed by atoms with Crippen molar-refractivity contribution in [1.82, 2.24) is 24.7 Å². The molecule has 3 heterocycles. The number of hydrogen-bond donors (Lipinski definition) is 1. The van der Waals surface area contributed by atoms with E-state index >= 15 is 0 Å². The minimum atomic E-state index is -0.222. The van der Waals surface area contributed by atoms with Gasteiger partial charge in [-0.3, -0.25) is 4.79 Å². The maximum Gasteiger partial charge on any atom is 0.230 e. The van der Waals surface area contributed by atoms with Gasteiger partial charge in [-0.15, -0.1) is 0 Å². The van der Waals surface area contributed by atoms with Crippen LogP contribution >= 0.6 is 0 Å². The summed E-state index contributed by atoms with van der Waals surface area (Å²) in [4.78, 5) is 25.2. The minimum absolute atomic E-state index is 0.0911. The zero-order valence-electron chi connectivity index (χ0n) is 14.5. The maximum atomic E-state index is 12.5. The molecule has 0 saturated carbocycles. The summed E-state index contributed by atoms with van der Waals surface area (Å²) in [6.07, 6.45) is 4.64. The van der Waals surface area contributed by atoms with Crippen LogP contribution in [0.2, 0.25) is 0 Å². The molecular formula is C19H16N6O2. The van der Waals surface area contributed by atoms with Crippen LogP contribution in [0.4, 0.5) is 5.69 Å². The molecule has 0 bridgehead atoms. The molecule has 0 aliphatic carbocycles. The van der Waals surface area contributed by atoms with E-state index in [1.807, 2.05) is 30.3 Å². The Morgan fingerprint density at radius 2 is 2.04 bits per heavy atom. The van der Waals surface area contributed by atoms with Crippen molar-refractivity contribution in [2.24, 2.45) is 0 Å². The number of anilines is 1. The van der Waals surface area contributed by atoms with E-state index in [1.165, 1.54) is 17.3 Å². The van der Waals surface area contributed by atoms with Gasteiger partial charge in [0.15, 0.2) is 5.82 Å². The van der Waals surface area contributed by atoms with E-state index in [-0.39, 0.29) is 12.3 Å². The van der Waals surface area contributed by atoms with Gasteiger partial charge >= 0.3 is 0 Å². The molecule has 0 spiro atoms. The first-order valence-corrected chi connectivity index (χ1v) is 8.32. The number of oxazole rings is 1. The van der Waals surface area contributed by atoms with E-state index in [9.17, 15) is 4.79 Å². The Hall–Kier alpha value is -3.81. The van der Waals surface area contributed by atoms with Gasteiger partial charge in [0.25, 0.3) is 0 Å². The van der Waals surface area contributed by atoms with E-state index in [2.05, 4.69) is 25.4 Å². The van der Waals surface area contributed by atoms with Crippen molar-refractivity contribution in [3.8, 4) is 17.3 Å². The zero-order valence-corrected chi connectivity index (χ0v) is 14.5. The van der Waals surface area contributed by atoms with Crippen LogP contribution in [-0.2, 0) is 11.2 Å². The third-order valence-electron chi connectivity index (χ3n) is 3.94. The highest BCUT2D eigenvalue weighted by Gasteiger charge is 2.16. The summed E-state index contributed by atoms with van der Waals surface area (Å²) in [5.41, 5.74) is 2.00. The fourth-order valence-corrected chi connectivity index (χ4v) is 2.64. The number of nitrogens with one attached hydrogen (secondary N) is 1. The van der Waals surface area contributed by atoms with E-state index < -0.39 is 0 Å². The van der Waals surface area contributed by atoms with Crippen molar-refractivity contribution in [2.45, 2.75) is 13.3 Å². The van der Waals surface area contributed by atoms with Gasteiger partial charge in [-0.25, -0.2) is 19.6 Å². The molecule has 8 heteroatoms. The average Bonchev–Trinajstić information content (AvgIpc) is 3.34. The number of benzene rings is 1. The monoisotopic (exact) mass is 360 g/mol. The summed E-state index contributed by atoms with van der Waals surface area (Å²) >= 11 is 0. The quantitative estimate of drug-likeness (QED) is 0.587. The van der Waals surface area contributed by atoms with E-state index in [0.29, 0.717) is 28.9 Å². The topological polar surface area (TPSA) is 98.7 Å². The van der Waals surface area contributed by atoms with Gasteiger partial charge < -0.3 is 9.73 Å². The van der Waals surface area contributed by atoms with Crippen molar-refractivity contribution in [3.05, 3.63) is 72.8 Å². The number of aryl methyl sites for hydroxylation is 1. The second-order valence-electron chi connectivity index (χ2n) is 5.83. The highest BCUT2D eigenvalue weighted by molar-refractivity contribution is 5.93. The molecule has 4 rings (SSSR count). The number of amides is 1.